The van der Waals surface area contributed by atoms with E-state index in [-0.39, 0.29) is 11.9 Å². The number of carboxylic acids is 1. The van der Waals surface area contributed by atoms with Crippen LogP contribution in [-0.4, -0.2) is 41.7 Å². The monoisotopic (exact) mass is 484 g/mol. The van der Waals surface area contributed by atoms with Gasteiger partial charge in [0.15, 0.2) is 0 Å². The molecule has 2 N–H and O–H groups in total. The van der Waals surface area contributed by atoms with Crippen molar-refractivity contribution in [2.75, 3.05) is 13.7 Å². The molecule has 1 amide bonds. The van der Waals surface area contributed by atoms with Gasteiger partial charge in [0.05, 0.1) is 25.6 Å². The zero-order valence-corrected chi connectivity index (χ0v) is 20.6. The first-order chi connectivity index (χ1) is 16.9. The lowest BCUT2D eigenvalue weighted by Gasteiger charge is -2.33. The molecule has 2 aliphatic carbocycles. The highest BCUT2D eigenvalue weighted by atomic mass is 16.5. The Labute approximate surface area is 206 Å². The number of hydrogen-bond acceptors (Lipinski definition) is 6. The lowest BCUT2D eigenvalue weighted by molar-refractivity contribution is -0.149. The van der Waals surface area contributed by atoms with E-state index in [4.69, 9.17) is 13.9 Å². The van der Waals surface area contributed by atoms with Gasteiger partial charge in [-0.25, -0.2) is 4.98 Å². The molecule has 0 saturated heterocycles. The predicted octanol–water partition coefficient (Wildman–Crippen LogP) is 4.74. The molecular formula is C27H36N2O6. The number of methoxy groups -OCH3 is 1. The van der Waals surface area contributed by atoms with E-state index >= 15 is 0 Å². The summed E-state index contributed by atoms with van der Waals surface area (Å²) in [5.74, 6) is 0.466. The quantitative estimate of drug-likeness (QED) is 0.529. The van der Waals surface area contributed by atoms with Crippen LogP contribution in [-0.2, 0) is 20.9 Å². The summed E-state index contributed by atoms with van der Waals surface area (Å²) in [7, 11) is 1.63. The molecule has 35 heavy (non-hydrogen) atoms. The van der Waals surface area contributed by atoms with Crippen molar-refractivity contribution < 1.29 is 28.6 Å². The fourth-order valence-corrected chi connectivity index (χ4v) is 5.39. The van der Waals surface area contributed by atoms with E-state index in [9.17, 15) is 14.7 Å². The molecule has 0 radical (unpaired) electrons. The SMILES string of the molecule is COc1cccc(-c2nc(COCC3CCCC(NC(=O)C4CCCCC4C(=O)O)C3)c(C)o2)c1. The number of carboxylic acid groups (broad SMARTS) is 1. The average molecular weight is 485 g/mol. The first kappa shape index (κ1) is 25.2. The molecule has 4 unspecified atom stereocenters. The third-order valence-electron chi connectivity index (χ3n) is 7.35. The van der Waals surface area contributed by atoms with E-state index in [0.29, 0.717) is 37.9 Å². The number of aliphatic carboxylic acids is 1. The van der Waals surface area contributed by atoms with Crippen molar-refractivity contribution in [2.45, 2.75) is 70.9 Å². The normalized spacial score (nSPS) is 24.6. The molecule has 8 heteroatoms. The Bertz CT molecular complexity index is 1020. The zero-order valence-electron chi connectivity index (χ0n) is 20.6. The molecule has 2 saturated carbocycles. The maximum absolute atomic E-state index is 12.9. The molecule has 2 fully saturated rings. The Balaban J connectivity index is 1.26. The van der Waals surface area contributed by atoms with Gasteiger partial charge in [-0.05, 0) is 63.1 Å². The molecule has 4 atom stereocenters. The van der Waals surface area contributed by atoms with Crippen molar-refractivity contribution in [1.82, 2.24) is 10.3 Å². The van der Waals surface area contributed by atoms with Crippen molar-refractivity contribution in [3.05, 3.63) is 35.7 Å². The van der Waals surface area contributed by atoms with Gasteiger partial charge in [-0.3, -0.25) is 9.59 Å². The summed E-state index contributed by atoms with van der Waals surface area (Å²) in [5.41, 5.74) is 1.63. The minimum atomic E-state index is -0.850. The number of carbonyl (C=O) groups is 2. The van der Waals surface area contributed by atoms with E-state index < -0.39 is 17.8 Å². The van der Waals surface area contributed by atoms with Crippen molar-refractivity contribution in [2.24, 2.45) is 17.8 Å². The summed E-state index contributed by atoms with van der Waals surface area (Å²) in [4.78, 5) is 29.0. The number of nitrogens with one attached hydrogen (secondary N) is 1. The summed E-state index contributed by atoms with van der Waals surface area (Å²) >= 11 is 0. The van der Waals surface area contributed by atoms with Crippen molar-refractivity contribution in [3.63, 3.8) is 0 Å². The second-order valence-corrected chi connectivity index (χ2v) is 9.84. The first-order valence-corrected chi connectivity index (χ1v) is 12.7. The largest absolute Gasteiger partial charge is 0.497 e. The second-order valence-electron chi connectivity index (χ2n) is 9.84. The topological polar surface area (TPSA) is 111 Å². The summed E-state index contributed by atoms with van der Waals surface area (Å²) in [6.07, 6.45) is 6.92. The molecule has 190 valence electrons. The van der Waals surface area contributed by atoms with Crippen LogP contribution < -0.4 is 10.1 Å². The standard InChI is InChI=1S/C27H36N2O6/c1-17-24(29-26(35-17)19-8-6-10-21(14-19)33-2)16-34-15-18-7-5-9-20(13-18)28-25(30)22-11-3-4-12-23(22)27(31)32/h6,8,10,14,18,20,22-23H,3-5,7,9,11-13,15-16H2,1-2H3,(H,28,30)(H,31,32). The van der Waals surface area contributed by atoms with Crippen LogP contribution in [0.5, 0.6) is 5.75 Å². The molecule has 0 aliphatic heterocycles. The highest BCUT2D eigenvalue weighted by molar-refractivity contribution is 5.85. The van der Waals surface area contributed by atoms with Crippen LogP contribution in [0.4, 0.5) is 0 Å². The fourth-order valence-electron chi connectivity index (χ4n) is 5.39. The number of nitrogens with zero attached hydrogens (tertiary/aromatic N) is 1. The smallest absolute Gasteiger partial charge is 0.307 e. The molecule has 8 nitrogen and oxygen atoms in total. The van der Waals surface area contributed by atoms with Crippen LogP contribution >= 0.6 is 0 Å². The lowest BCUT2D eigenvalue weighted by Crippen LogP contribution is -2.45. The van der Waals surface area contributed by atoms with Crippen LogP contribution in [0.3, 0.4) is 0 Å². The molecular weight excluding hydrogens is 448 g/mol. The Hall–Kier alpha value is -2.87. The summed E-state index contributed by atoms with van der Waals surface area (Å²) in [6, 6.07) is 7.68. The molecule has 2 aliphatic rings. The molecule has 1 aromatic heterocycles. The van der Waals surface area contributed by atoms with Gasteiger partial charge in [0.2, 0.25) is 11.8 Å². The molecule has 0 spiro atoms. The summed E-state index contributed by atoms with van der Waals surface area (Å²) < 4.78 is 17.1. The Morgan fingerprint density at radius 2 is 1.94 bits per heavy atom. The van der Waals surface area contributed by atoms with E-state index in [1.165, 1.54) is 0 Å². The predicted molar refractivity (Wildman–Crippen MR) is 130 cm³/mol. The van der Waals surface area contributed by atoms with Gasteiger partial charge in [-0.2, -0.15) is 0 Å². The summed E-state index contributed by atoms with van der Waals surface area (Å²) in [6.45, 7) is 2.85. The van der Waals surface area contributed by atoms with Crippen molar-refractivity contribution in [3.8, 4) is 17.2 Å². The van der Waals surface area contributed by atoms with Crippen LogP contribution in [0, 0.1) is 24.7 Å². The Morgan fingerprint density at radius 1 is 1.14 bits per heavy atom. The van der Waals surface area contributed by atoms with Gasteiger partial charge in [-0.1, -0.05) is 25.3 Å². The van der Waals surface area contributed by atoms with Crippen molar-refractivity contribution in [1.29, 1.82) is 0 Å². The van der Waals surface area contributed by atoms with Gasteiger partial charge in [-0.15, -0.1) is 0 Å². The molecule has 4 rings (SSSR count). The number of aromatic nitrogens is 1. The van der Waals surface area contributed by atoms with Crippen LogP contribution in [0.15, 0.2) is 28.7 Å². The van der Waals surface area contributed by atoms with E-state index in [1.807, 2.05) is 31.2 Å². The van der Waals surface area contributed by atoms with Gasteiger partial charge in [0.25, 0.3) is 0 Å². The number of rotatable bonds is 9. The van der Waals surface area contributed by atoms with Crippen LogP contribution in [0.25, 0.3) is 11.5 Å². The number of ether oxygens (including phenoxy) is 2. The zero-order chi connectivity index (χ0) is 24.8. The minimum absolute atomic E-state index is 0.0784. The van der Waals surface area contributed by atoms with Gasteiger partial charge in [0, 0.05) is 18.2 Å². The minimum Gasteiger partial charge on any atom is -0.497 e. The number of aryl methyl sites for hydroxylation is 1. The molecule has 1 heterocycles. The molecule has 2 aromatic rings. The third-order valence-corrected chi connectivity index (χ3v) is 7.35. The molecule has 0 bridgehead atoms. The van der Waals surface area contributed by atoms with Crippen LogP contribution in [0.1, 0.15) is 62.8 Å². The first-order valence-electron chi connectivity index (χ1n) is 12.7. The Kier molecular flexibility index (Phi) is 8.44. The third kappa shape index (κ3) is 6.42. The lowest BCUT2D eigenvalue weighted by atomic mass is 9.78. The molecule has 1 aromatic carbocycles. The second kappa shape index (κ2) is 11.7. The average Bonchev–Trinajstić information content (AvgIpc) is 3.24. The van der Waals surface area contributed by atoms with E-state index in [1.54, 1.807) is 7.11 Å². The van der Waals surface area contributed by atoms with Crippen molar-refractivity contribution >= 4 is 11.9 Å². The fraction of sp³-hybridized carbons (Fsp3) is 0.593. The Morgan fingerprint density at radius 3 is 2.71 bits per heavy atom. The number of hydrogen-bond donors (Lipinski definition) is 2. The maximum atomic E-state index is 12.9. The number of carbonyl (C=O) groups excluding carboxylic acids is 1. The van der Waals surface area contributed by atoms with Crippen LogP contribution in [0.2, 0.25) is 0 Å². The number of oxazole rings is 1. The number of amides is 1. The van der Waals surface area contributed by atoms with E-state index in [0.717, 1.165) is 61.3 Å². The van der Waals surface area contributed by atoms with Gasteiger partial charge < -0.3 is 24.3 Å². The summed E-state index contributed by atoms with van der Waals surface area (Å²) in [5, 5.41) is 12.6. The van der Waals surface area contributed by atoms with Gasteiger partial charge >= 0.3 is 5.97 Å². The van der Waals surface area contributed by atoms with E-state index in [2.05, 4.69) is 10.3 Å². The highest BCUT2D eigenvalue weighted by Gasteiger charge is 2.37. The number of benzene rings is 1. The maximum Gasteiger partial charge on any atom is 0.307 e. The van der Waals surface area contributed by atoms with Gasteiger partial charge in [0.1, 0.15) is 17.2 Å². The highest BCUT2D eigenvalue weighted by Crippen LogP contribution is 2.32.